The fraction of sp³-hybridized carbons (Fsp3) is 0.529. The van der Waals surface area contributed by atoms with Crippen molar-refractivity contribution >= 4 is 23.6 Å². The number of thioether (sulfide) groups is 1. The molecule has 0 aromatic heterocycles. The van der Waals surface area contributed by atoms with Gasteiger partial charge in [0.2, 0.25) is 5.91 Å². The average molecular weight is 337 g/mol. The molecule has 0 fully saturated rings. The van der Waals surface area contributed by atoms with Crippen molar-refractivity contribution in [2.75, 3.05) is 46.0 Å². The third kappa shape index (κ3) is 6.62. The number of rotatable bonds is 9. The van der Waals surface area contributed by atoms with Gasteiger partial charge in [-0.3, -0.25) is 9.59 Å². The van der Waals surface area contributed by atoms with Crippen LogP contribution in [0.1, 0.15) is 24.2 Å². The van der Waals surface area contributed by atoms with Crippen LogP contribution in [0.5, 0.6) is 0 Å². The Morgan fingerprint density at radius 2 is 1.78 bits per heavy atom. The van der Waals surface area contributed by atoms with E-state index in [2.05, 4.69) is 24.1 Å². The zero-order valence-electron chi connectivity index (χ0n) is 14.5. The van der Waals surface area contributed by atoms with E-state index in [4.69, 9.17) is 0 Å². The van der Waals surface area contributed by atoms with E-state index in [9.17, 15) is 9.59 Å². The minimum atomic E-state index is -0.0856. The molecule has 0 aliphatic heterocycles. The highest BCUT2D eigenvalue weighted by Gasteiger charge is 2.13. The highest BCUT2D eigenvalue weighted by molar-refractivity contribution is 8.00. The summed E-state index contributed by atoms with van der Waals surface area (Å²) in [6, 6.07) is 7.41. The fourth-order valence-electron chi connectivity index (χ4n) is 2.01. The average Bonchev–Trinajstić information content (AvgIpc) is 2.56. The van der Waals surface area contributed by atoms with Crippen LogP contribution in [0.2, 0.25) is 0 Å². The van der Waals surface area contributed by atoms with Crippen LogP contribution in [0.15, 0.2) is 29.2 Å². The Balaban J connectivity index is 2.61. The van der Waals surface area contributed by atoms with Gasteiger partial charge in [-0.2, -0.15) is 0 Å². The summed E-state index contributed by atoms with van der Waals surface area (Å²) in [5.74, 6) is 0.279. The third-order valence-electron chi connectivity index (χ3n) is 3.59. The first kappa shape index (κ1) is 19.5. The molecule has 0 saturated heterocycles. The van der Waals surface area contributed by atoms with E-state index in [0.717, 1.165) is 24.5 Å². The van der Waals surface area contributed by atoms with E-state index in [0.29, 0.717) is 17.9 Å². The molecule has 0 saturated carbocycles. The topological polar surface area (TPSA) is 52.7 Å². The maximum absolute atomic E-state index is 12.4. The maximum atomic E-state index is 12.4. The summed E-state index contributed by atoms with van der Waals surface area (Å²) in [4.78, 5) is 28.7. The van der Waals surface area contributed by atoms with Crippen molar-refractivity contribution in [2.45, 2.75) is 18.7 Å². The Kier molecular flexibility index (Phi) is 8.73. The first-order valence-electron chi connectivity index (χ1n) is 7.92. The number of amides is 2. The predicted octanol–water partition coefficient (Wildman–Crippen LogP) is 1.94. The molecule has 128 valence electrons. The van der Waals surface area contributed by atoms with Crippen molar-refractivity contribution in [3.63, 3.8) is 0 Å². The molecule has 1 aromatic carbocycles. The van der Waals surface area contributed by atoms with Gasteiger partial charge in [-0.15, -0.1) is 11.8 Å². The molecule has 0 bridgehead atoms. The summed E-state index contributed by atoms with van der Waals surface area (Å²) in [7, 11) is 3.46. The lowest BCUT2D eigenvalue weighted by Gasteiger charge is -2.18. The summed E-state index contributed by atoms with van der Waals surface area (Å²) < 4.78 is 0. The van der Waals surface area contributed by atoms with E-state index in [-0.39, 0.29) is 11.8 Å². The van der Waals surface area contributed by atoms with Crippen molar-refractivity contribution in [2.24, 2.45) is 0 Å². The second-order valence-corrected chi connectivity index (χ2v) is 6.37. The van der Waals surface area contributed by atoms with Crippen LogP contribution in [0.4, 0.5) is 0 Å². The van der Waals surface area contributed by atoms with Crippen LogP contribution in [0.3, 0.4) is 0 Å². The number of carbonyl (C=O) groups is 2. The summed E-state index contributed by atoms with van der Waals surface area (Å²) in [5, 5.41) is 2.96. The third-order valence-corrected chi connectivity index (χ3v) is 4.65. The molecular formula is C17H27N3O2S. The number of nitrogens with zero attached hydrogens (tertiary/aromatic N) is 2. The summed E-state index contributed by atoms with van der Waals surface area (Å²) in [6.45, 7) is 7.64. The molecule has 0 heterocycles. The van der Waals surface area contributed by atoms with Crippen molar-refractivity contribution in [3.05, 3.63) is 29.8 Å². The summed E-state index contributed by atoms with van der Waals surface area (Å²) in [6.07, 6.45) is 0. The van der Waals surface area contributed by atoms with Crippen LogP contribution >= 0.6 is 11.8 Å². The Bertz CT molecular complexity index is 516. The Morgan fingerprint density at radius 3 is 2.39 bits per heavy atom. The number of hydrogen-bond donors (Lipinski definition) is 1. The quantitative estimate of drug-likeness (QED) is 0.700. The van der Waals surface area contributed by atoms with Gasteiger partial charge in [-0.25, -0.2) is 0 Å². The van der Waals surface area contributed by atoms with Gasteiger partial charge in [0.1, 0.15) is 0 Å². The fourth-order valence-corrected chi connectivity index (χ4v) is 3.04. The van der Waals surface area contributed by atoms with Gasteiger partial charge in [0.05, 0.1) is 11.3 Å². The van der Waals surface area contributed by atoms with Gasteiger partial charge >= 0.3 is 0 Å². The highest BCUT2D eigenvalue weighted by Crippen LogP contribution is 2.22. The molecule has 6 heteroatoms. The maximum Gasteiger partial charge on any atom is 0.252 e. The zero-order valence-corrected chi connectivity index (χ0v) is 15.3. The molecule has 2 amide bonds. The molecule has 5 nitrogen and oxygen atoms in total. The monoisotopic (exact) mass is 337 g/mol. The van der Waals surface area contributed by atoms with E-state index >= 15 is 0 Å². The Labute approximate surface area is 143 Å². The van der Waals surface area contributed by atoms with E-state index in [1.54, 1.807) is 25.1 Å². The van der Waals surface area contributed by atoms with Gasteiger partial charge in [0.15, 0.2) is 0 Å². The molecule has 0 atom stereocenters. The molecule has 23 heavy (non-hydrogen) atoms. The lowest BCUT2D eigenvalue weighted by atomic mass is 10.2. The lowest BCUT2D eigenvalue weighted by Crippen LogP contribution is -2.35. The van der Waals surface area contributed by atoms with Crippen LogP contribution in [0.25, 0.3) is 0 Å². The van der Waals surface area contributed by atoms with Crippen LogP contribution in [-0.4, -0.2) is 67.6 Å². The largest absolute Gasteiger partial charge is 0.351 e. The highest BCUT2D eigenvalue weighted by atomic mass is 32.2. The van der Waals surface area contributed by atoms with Crippen molar-refractivity contribution in [3.8, 4) is 0 Å². The van der Waals surface area contributed by atoms with E-state index in [1.807, 2.05) is 18.2 Å². The standard InChI is InChI=1S/C17H27N3O2S/c1-5-20(6-2)12-11-18-17(22)14-9-7-8-10-15(14)23-13-16(21)19(3)4/h7-10H,5-6,11-13H2,1-4H3,(H,18,22). The second kappa shape index (κ2) is 10.3. The Morgan fingerprint density at radius 1 is 1.13 bits per heavy atom. The van der Waals surface area contributed by atoms with Crippen molar-refractivity contribution < 1.29 is 9.59 Å². The number of benzene rings is 1. The van der Waals surface area contributed by atoms with E-state index in [1.165, 1.54) is 11.8 Å². The first-order chi connectivity index (χ1) is 11.0. The molecule has 0 unspecified atom stereocenters. The molecule has 0 aliphatic carbocycles. The van der Waals surface area contributed by atoms with Crippen molar-refractivity contribution in [1.29, 1.82) is 0 Å². The van der Waals surface area contributed by atoms with Gasteiger partial charge < -0.3 is 15.1 Å². The molecule has 0 spiro atoms. The molecule has 1 N–H and O–H groups in total. The summed E-state index contributed by atoms with van der Waals surface area (Å²) in [5.41, 5.74) is 0.628. The minimum absolute atomic E-state index is 0.0340. The van der Waals surface area contributed by atoms with Crippen LogP contribution in [-0.2, 0) is 4.79 Å². The normalized spacial score (nSPS) is 10.7. The van der Waals surface area contributed by atoms with Crippen LogP contribution < -0.4 is 5.32 Å². The molecular weight excluding hydrogens is 310 g/mol. The molecule has 1 rings (SSSR count). The second-order valence-electron chi connectivity index (χ2n) is 5.36. The number of likely N-dealkylation sites (N-methyl/N-ethyl adjacent to an activating group) is 1. The van der Waals surface area contributed by atoms with Crippen molar-refractivity contribution in [1.82, 2.24) is 15.1 Å². The number of nitrogens with one attached hydrogen (secondary N) is 1. The number of hydrogen-bond acceptors (Lipinski definition) is 4. The zero-order chi connectivity index (χ0) is 17.2. The first-order valence-corrected chi connectivity index (χ1v) is 8.90. The van der Waals surface area contributed by atoms with E-state index < -0.39 is 0 Å². The van der Waals surface area contributed by atoms with Gasteiger partial charge in [0.25, 0.3) is 5.91 Å². The Hall–Kier alpha value is -1.53. The van der Waals surface area contributed by atoms with Gasteiger partial charge in [-0.05, 0) is 25.2 Å². The van der Waals surface area contributed by atoms with Gasteiger partial charge in [0, 0.05) is 32.1 Å². The van der Waals surface area contributed by atoms with Crippen LogP contribution in [0, 0.1) is 0 Å². The SMILES string of the molecule is CCN(CC)CCNC(=O)c1ccccc1SCC(=O)N(C)C. The predicted molar refractivity (Wildman–Crippen MR) is 96.0 cm³/mol. The minimum Gasteiger partial charge on any atom is -0.351 e. The lowest BCUT2D eigenvalue weighted by molar-refractivity contribution is -0.125. The smallest absolute Gasteiger partial charge is 0.252 e. The van der Waals surface area contributed by atoms with Gasteiger partial charge in [-0.1, -0.05) is 26.0 Å². The molecule has 1 aromatic rings. The molecule has 0 aliphatic rings. The summed E-state index contributed by atoms with van der Waals surface area (Å²) >= 11 is 1.40. The molecule has 0 radical (unpaired) electrons. The number of carbonyl (C=O) groups excluding carboxylic acids is 2.